The Balaban J connectivity index is 1.62. The van der Waals surface area contributed by atoms with Crippen molar-refractivity contribution in [3.05, 3.63) is 59.9 Å². The van der Waals surface area contributed by atoms with Gasteiger partial charge in [-0.05, 0) is 37.1 Å². The summed E-state index contributed by atoms with van der Waals surface area (Å²) in [5, 5.41) is 5.58. The van der Waals surface area contributed by atoms with E-state index in [4.69, 9.17) is 4.74 Å². The first-order chi connectivity index (χ1) is 11.7. The van der Waals surface area contributed by atoms with E-state index < -0.39 is 0 Å². The van der Waals surface area contributed by atoms with Gasteiger partial charge in [0.1, 0.15) is 5.69 Å². The molecule has 24 heavy (non-hydrogen) atoms. The standard InChI is InChI=1S/C18H19N3O3/c22-17(20-12-15-7-4-10-24-15)13-8-9-19-16(11-13)18(23)21-14-5-2-1-3-6-14/h1-3,5-6,8-9,11,15H,4,7,10,12H2,(H,20,22)(H,21,23). The SMILES string of the molecule is O=C(NCC1CCCO1)c1ccnc(C(=O)Nc2ccccc2)c1. The fourth-order valence-electron chi connectivity index (χ4n) is 2.53. The predicted molar refractivity (Wildman–Crippen MR) is 89.9 cm³/mol. The molecular formula is C18H19N3O3. The number of rotatable bonds is 5. The van der Waals surface area contributed by atoms with E-state index in [9.17, 15) is 9.59 Å². The van der Waals surface area contributed by atoms with Crippen LogP contribution >= 0.6 is 0 Å². The van der Waals surface area contributed by atoms with Gasteiger partial charge in [0.25, 0.3) is 11.8 Å². The average molecular weight is 325 g/mol. The van der Waals surface area contributed by atoms with Crippen LogP contribution in [0.2, 0.25) is 0 Å². The van der Waals surface area contributed by atoms with E-state index in [-0.39, 0.29) is 23.6 Å². The van der Waals surface area contributed by atoms with Gasteiger partial charge in [-0.1, -0.05) is 18.2 Å². The Morgan fingerprint density at radius 2 is 2.00 bits per heavy atom. The van der Waals surface area contributed by atoms with Gasteiger partial charge in [-0.15, -0.1) is 0 Å². The molecule has 2 N–H and O–H groups in total. The molecule has 124 valence electrons. The predicted octanol–water partition coefficient (Wildman–Crippen LogP) is 2.24. The van der Waals surface area contributed by atoms with Crippen molar-refractivity contribution in [1.82, 2.24) is 10.3 Å². The maximum Gasteiger partial charge on any atom is 0.274 e. The lowest BCUT2D eigenvalue weighted by molar-refractivity contribution is 0.0857. The topological polar surface area (TPSA) is 80.3 Å². The molecule has 0 spiro atoms. The highest BCUT2D eigenvalue weighted by atomic mass is 16.5. The number of nitrogens with zero attached hydrogens (tertiary/aromatic N) is 1. The number of benzene rings is 1. The first kappa shape index (κ1) is 16.1. The molecule has 1 aromatic heterocycles. The minimum atomic E-state index is -0.352. The van der Waals surface area contributed by atoms with Gasteiger partial charge < -0.3 is 15.4 Å². The van der Waals surface area contributed by atoms with Gasteiger partial charge >= 0.3 is 0 Å². The Bertz CT molecular complexity index is 712. The van der Waals surface area contributed by atoms with E-state index >= 15 is 0 Å². The quantitative estimate of drug-likeness (QED) is 0.883. The number of hydrogen-bond acceptors (Lipinski definition) is 4. The normalized spacial score (nSPS) is 16.6. The van der Waals surface area contributed by atoms with Gasteiger partial charge in [0.15, 0.2) is 0 Å². The van der Waals surface area contributed by atoms with Crippen LogP contribution in [0.1, 0.15) is 33.7 Å². The summed E-state index contributed by atoms with van der Waals surface area (Å²) in [4.78, 5) is 28.5. The zero-order valence-electron chi connectivity index (χ0n) is 13.2. The smallest absolute Gasteiger partial charge is 0.274 e. The van der Waals surface area contributed by atoms with Crippen molar-refractivity contribution in [2.75, 3.05) is 18.5 Å². The van der Waals surface area contributed by atoms with Gasteiger partial charge in [-0.2, -0.15) is 0 Å². The summed E-state index contributed by atoms with van der Waals surface area (Å²) in [6.45, 7) is 1.23. The van der Waals surface area contributed by atoms with Gasteiger partial charge in [0.2, 0.25) is 0 Å². The van der Waals surface area contributed by atoms with Gasteiger partial charge in [0, 0.05) is 30.6 Å². The first-order valence-electron chi connectivity index (χ1n) is 7.94. The van der Waals surface area contributed by atoms with Crippen LogP contribution in [0, 0.1) is 0 Å². The van der Waals surface area contributed by atoms with Crippen molar-refractivity contribution in [3.8, 4) is 0 Å². The summed E-state index contributed by atoms with van der Waals surface area (Å²) < 4.78 is 5.48. The highest BCUT2D eigenvalue weighted by Crippen LogP contribution is 2.11. The molecule has 2 amide bonds. The molecule has 1 unspecified atom stereocenters. The number of amides is 2. The Morgan fingerprint density at radius 3 is 2.75 bits per heavy atom. The molecule has 1 saturated heterocycles. The fourth-order valence-corrected chi connectivity index (χ4v) is 2.53. The minimum absolute atomic E-state index is 0.0802. The molecule has 2 heterocycles. The van der Waals surface area contributed by atoms with Crippen molar-refractivity contribution in [2.45, 2.75) is 18.9 Å². The maximum absolute atomic E-state index is 12.2. The third-order valence-corrected chi connectivity index (χ3v) is 3.80. The molecule has 1 atom stereocenters. The second kappa shape index (κ2) is 7.70. The van der Waals surface area contributed by atoms with Crippen LogP contribution in [0.5, 0.6) is 0 Å². The number of anilines is 1. The monoisotopic (exact) mass is 325 g/mol. The van der Waals surface area contributed by atoms with Crippen LogP contribution in [0.25, 0.3) is 0 Å². The van der Waals surface area contributed by atoms with E-state index in [1.807, 2.05) is 18.2 Å². The molecule has 0 saturated carbocycles. The highest BCUT2D eigenvalue weighted by molar-refractivity contribution is 6.04. The lowest BCUT2D eigenvalue weighted by Crippen LogP contribution is -2.32. The molecule has 1 aromatic carbocycles. The number of carbonyl (C=O) groups is 2. The molecule has 6 nitrogen and oxygen atoms in total. The molecule has 0 radical (unpaired) electrons. The average Bonchev–Trinajstić information content (AvgIpc) is 3.14. The van der Waals surface area contributed by atoms with E-state index in [2.05, 4.69) is 15.6 Å². The zero-order valence-corrected chi connectivity index (χ0v) is 13.2. The maximum atomic E-state index is 12.2. The van der Waals surface area contributed by atoms with Crippen LogP contribution in [-0.4, -0.2) is 36.1 Å². The van der Waals surface area contributed by atoms with Gasteiger partial charge in [-0.25, -0.2) is 0 Å². The summed E-state index contributed by atoms with van der Waals surface area (Å²) in [5.74, 6) is -0.586. The van der Waals surface area contributed by atoms with Crippen LogP contribution in [0.4, 0.5) is 5.69 Å². The van der Waals surface area contributed by atoms with E-state index in [0.717, 1.165) is 19.4 Å². The minimum Gasteiger partial charge on any atom is -0.376 e. The molecule has 3 rings (SSSR count). The van der Waals surface area contributed by atoms with Crippen molar-refractivity contribution < 1.29 is 14.3 Å². The lowest BCUT2D eigenvalue weighted by atomic mass is 10.2. The first-order valence-corrected chi connectivity index (χ1v) is 7.94. The molecule has 1 aliphatic rings. The number of nitrogens with one attached hydrogen (secondary N) is 2. The summed E-state index contributed by atoms with van der Waals surface area (Å²) in [6, 6.07) is 12.2. The van der Waals surface area contributed by atoms with Crippen LogP contribution < -0.4 is 10.6 Å². The van der Waals surface area contributed by atoms with Crippen molar-refractivity contribution >= 4 is 17.5 Å². The second-order valence-electron chi connectivity index (χ2n) is 5.59. The molecule has 2 aromatic rings. The number of hydrogen-bond donors (Lipinski definition) is 2. The molecule has 6 heteroatoms. The summed E-state index contributed by atoms with van der Waals surface area (Å²) in [6.07, 6.45) is 3.53. The third-order valence-electron chi connectivity index (χ3n) is 3.80. The van der Waals surface area contributed by atoms with E-state index in [1.54, 1.807) is 18.2 Å². The molecule has 1 aliphatic heterocycles. The van der Waals surface area contributed by atoms with Crippen molar-refractivity contribution in [2.24, 2.45) is 0 Å². The fraction of sp³-hybridized carbons (Fsp3) is 0.278. The third kappa shape index (κ3) is 4.17. The second-order valence-corrected chi connectivity index (χ2v) is 5.59. The van der Waals surface area contributed by atoms with Crippen LogP contribution in [0.3, 0.4) is 0 Å². The summed E-state index contributed by atoms with van der Waals surface area (Å²) >= 11 is 0. The zero-order chi connectivity index (χ0) is 16.8. The summed E-state index contributed by atoms with van der Waals surface area (Å²) in [7, 11) is 0. The number of carbonyl (C=O) groups excluding carboxylic acids is 2. The number of pyridine rings is 1. The number of para-hydroxylation sites is 1. The van der Waals surface area contributed by atoms with Crippen LogP contribution in [0.15, 0.2) is 48.7 Å². The summed E-state index contributed by atoms with van der Waals surface area (Å²) in [5.41, 5.74) is 1.28. The van der Waals surface area contributed by atoms with E-state index in [1.165, 1.54) is 12.3 Å². The number of aromatic nitrogens is 1. The molecular weight excluding hydrogens is 306 g/mol. The highest BCUT2D eigenvalue weighted by Gasteiger charge is 2.17. The Kier molecular flexibility index (Phi) is 5.18. The number of ether oxygens (including phenoxy) is 1. The van der Waals surface area contributed by atoms with E-state index in [0.29, 0.717) is 17.8 Å². The molecule has 0 aliphatic carbocycles. The lowest BCUT2D eigenvalue weighted by Gasteiger charge is -2.11. The van der Waals surface area contributed by atoms with Gasteiger partial charge in [0.05, 0.1) is 6.10 Å². The Morgan fingerprint density at radius 1 is 1.17 bits per heavy atom. The Hall–Kier alpha value is -2.73. The van der Waals surface area contributed by atoms with Gasteiger partial charge in [-0.3, -0.25) is 14.6 Å². The van der Waals surface area contributed by atoms with Crippen molar-refractivity contribution in [3.63, 3.8) is 0 Å². The Labute approximate surface area is 140 Å². The van der Waals surface area contributed by atoms with Crippen molar-refractivity contribution in [1.29, 1.82) is 0 Å². The largest absolute Gasteiger partial charge is 0.376 e. The molecule has 1 fully saturated rings. The van der Waals surface area contributed by atoms with Crippen LogP contribution in [-0.2, 0) is 4.74 Å². The molecule has 0 bridgehead atoms.